The molecule has 2 aromatic carbocycles. The second-order valence-corrected chi connectivity index (χ2v) is 9.45. The van der Waals surface area contributed by atoms with Crippen LogP contribution in [-0.2, 0) is 14.1 Å². The van der Waals surface area contributed by atoms with E-state index in [9.17, 15) is 9.59 Å². The number of halogens is 1. The van der Waals surface area contributed by atoms with E-state index in [-0.39, 0.29) is 11.4 Å². The van der Waals surface area contributed by atoms with E-state index in [0.29, 0.717) is 33.8 Å². The van der Waals surface area contributed by atoms with Crippen molar-refractivity contribution in [3.63, 3.8) is 0 Å². The Kier molecular flexibility index (Phi) is 4.67. The van der Waals surface area contributed by atoms with Crippen molar-refractivity contribution in [3.05, 3.63) is 110 Å². The molecule has 1 atom stereocenters. The first-order chi connectivity index (χ1) is 17.2. The first-order valence-corrected chi connectivity index (χ1v) is 11.7. The van der Waals surface area contributed by atoms with Crippen LogP contribution in [0, 0.1) is 26.6 Å². The van der Waals surface area contributed by atoms with Crippen molar-refractivity contribution in [1.29, 1.82) is 0 Å². The molecule has 1 aliphatic heterocycles. The SMILES string of the molecule is Cc1ccc(C2c3c4c(cn3-c3cc(C)c(C)cc3N2c2ccccc2F)c(=O)n(C)c(=O)n4C)o1. The third-order valence-corrected chi connectivity index (χ3v) is 7.23. The van der Waals surface area contributed by atoms with Gasteiger partial charge in [0.25, 0.3) is 5.56 Å². The summed E-state index contributed by atoms with van der Waals surface area (Å²) in [6.07, 6.45) is 1.78. The van der Waals surface area contributed by atoms with Gasteiger partial charge in [-0.3, -0.25) is 13.9 Å². The van der Waals surface area contributed by atoms with E-state index in [4.69, 9.17) is 4.42 Å². The first-order valence-electron chi connectivity index (χ1n) is 11.7. The van der Waals surface area contributed by atoms with E-state index in [1.165, 1.54) is 17.7 Å². The number of benzene rings is 2. The molecule has 5 aromatic rings. The third kappa shape index (κ3) is 2.90. The second kappa shape index (κ2) is 7.58. The fourth-order valence-corrected chi connectivity index (χ4v) is 5.28. The van der Waals surface area contributed by atoms with Crippen LogP contribution in [0.1, 0.15) is 34.4 Å². The molecule has 0 bridgehead atoms. The maximum atomic E-state index is 15.4. The number of aryl methyl sites for hydroxylation is 4. The summed E-state index contributed by atoms with van der Waals surface area (Å²) in [4.78, 5) is 28.2. The predicted octanol–water partition coefficient (Wildman–Crippen LogP) is 4.93. The van der Waals surface area contributed by atoms with Gasteiger partial charge in [-0.25, -0.2) is 9.18 Å². The molecule has 1 aliphatic rings. The van der Waals surface area contributed by atoms with E-state index in [0.717, 1.165) is 27.1 Å². The van der Waals surface area contributed by atoms with Crippen molar-refractivity contribution in [2.75, 3.05) is 4.90 Å². The zero-order valence-electron chi connectivity index (χ0n) is 20.7. The number of hydrogen-bond donors (Lipinski definition) is 0. The fraction of sp³-hybridized carbons (Fsp3) is 0.214. The summed E-state index contributed by atoms with van der Waals surface area (Å²) < 4.78 is 26.1. The standard InChI is InChI=1S/C28H25FN4O3/c1-15-12-21-22(13-16(15)2)33(20-9-7-6-8-19(20)29)25(23-11-10-17(3)36-23)26-24-18(14-32(21)26)27(34)31(5)28(35)30(24)4/h6-14,25H,1-5H3. The average molecular weight is 485 g/mol. The maximum Gasteiger partial charge on any atom is 0.331 e. The Morgan fingerprint density at radius 2 is 1.56 bits per heavy atom. The van der Waals surface area contributed by atoms with Crippen LogP contribution in [0.15, 0.2) is 68.7 Å². The van der Waals surface area contributed by atoms with Crippen LogP contribution in [0.5, 0.6) is 0 Å². The molecule has 3 aromatic heterocycles. The molecule has 0 amide bonds. The molecule has 0 saturated carbocycles. The molecule has 182 valence electrons. The van der Waals surface area contributed by atoms with E-state index < -0.39 is 11.7 Å². The van der Waals surface area contributed by atoms with Gasteiger partial charge >= 0.3 is 5.69 Å². The van der Waals surface area contributed by atoms with Gasteiger partial charge in [0.2, 0.25) is 0 Å². The van der Waals surface area contributed by atoms with E-state index >= 15 is 4.39 Å². The zero-order valence-corrected chi connectivity index (χ0v) is 20.7. The summed E-state index contributed by atoms with van der Waals surface area (Å²) in [5.41, 5.74) is 4.39. The van der Waals surface area contributed by atoms with Crippen molar-refractivity contribution in [1.82, 2.24) is 13.7 Å². The number of aromatic nitrogens is 3. The van der Waals surface area contributed by atoms with Crippen LogP contribution in [0.2, 0.25) is 0 Å². The van der Waals surface area contributed by atoms with Gasteiger partial charge < -0.3 is 13.9 Å². The van der Waals surface area contributed by atoms with Gasteiger partial charge in [0.15, 0.2) is 0 Å². The Hall–Kier alpha value is -4.33. The molecule has 1 unspecified atom stereocenters. The highest BCUT2D eigenvalue weighted by Gasteiger charge is 2.39. The zero-order chi connectivity index (χ0) is 25.5. The molecule has 0 aliphatic carbocycles. The van der Waals surface area contributed by atoms with Crippen molar-refractivity contribution in [2.45, 2.75) is 26.8 Å². The van der Waals surface area contributed by atoms with Gasteiger partial charge in [-0.05, 0) is 68.3 Å². The second-order valence-electron chi connectivity index (χ2n) is 9.45. The van der Waals surface area contributed by atoms with Crippen molar-refractivity contribution >= 4 is 22.3 Å². The fourth-order valence-electron chi connectivity index (χ4n) is 5.28. The molecule has 0 saturated heterocycles. The summed E-state index contributed by atoms with van der Waals surface area (Å²) in [5, 5.41) is 0.405. The summed E-state index contributed by atoms with van der Waals surface area (Å²) in [5.74, 6) is 0.898. The van der Waals surface area contributed by atoms with Crippen LogP contribution in [-0.4, -0.2) is 13.7 Å². The third-order valence-electron chi connectivity index (χ3n) is 7.23. The lowest BCUT2D eigenvalue weighted by molar-refractivity contribution is 0.455. The molecule has 0 N–H and O–H groups in total. The molecule has 6 rings (SSSR count). The van der Waals surface area contributed by atoms with E-state index in [1.54, 1.807) is 31.4 Å². The Balaban J connectivity index is 1.85. The minimum absolute atomic E-state index is 0.371. The smallest absolute Gasteiger partial charge is 0.331 e. The van der Waals surface area contributed by atoms with Crippen molar-refractivity contribution in [2.24, 2.45) is 14.1 Å². The molecule has 36 heavy (non-hydrogen) atoms. The molecule has 0 radical (unpaired) electrons. The van der Waals surface area contributed by atoms with E-state index in [1.807, 2.05) is 54.5 Å². The maximum absolute atomic E-state index is 15.4. The van der Waals surface area contributed by atoms with Gasteiger partial charge in [0.1, 0.15) is 23.4 Å². The largest absolute Gasteiger partial charge is 0.464 e. The van der Waals surface area contributed by atoms with Crippen LogP contribution in [0.4, 0.5) is 15.8 Å². The van der Waals surface area contributed by atoms with Crippen LogP contribution >= 0.6 is 0 Å². The molecule has 7 nitrogen and oxygen atoms in total. The van der Waals surface area contributed by atoms with Gasteiger partial charge in [0.05, 0.1) is 33.7 Å². The number of nitrogens with zero attached hydrogens (tertiary/aromatic N) is 4. The van der Waals surface area contributed by atoms with Crippen molar-refractivity contribution < 1.29 is 8.81 Å². The van der Waals surface area contributed by atoms with Crippen molar-refractivity contribution in [3.8, 4) is 5.69 Å². The topological polar surface area (TPSA) is 65.3 Å². The molecule has 8 heteroatoms. The lowest BCUT2D eigenvalue weighted by atomic mass is 9.98. The molecular weight excluding hydrogens is 459 g/mol. The highest BCUT2D eigenvalue weighted by atomic mass is 19.1. The number of furan rings is 1. The average Bonchev–Trinajstić information content (AvgIpc) is 3.46. The number of fused-ring (bicyclic) bond motifs is 5. The summed E-state index contributed by atoms with van der Waals surface area (Å²) in [6.45, 7) is 5.88. The van der Waals surface area contributed by atoms with Crippen LogP contribution < -0.4 is 16.1 Å². The Labute approximate surface area is 206 Å². The quantitative estimate of drug-likeness (QED) is 0.357. The highest BCUT2D eigenvalue weighted by Crippen LogP contribution is 2.49. The molecule has 0 fully saturated rings. The number of hydrogen-bond acceptors (Lipinski definition) is 4. The van der Waals surface area contributed by atoms with E-state index in [2.05, 4.69) is 0 Å². The lowest BCUT2D eigenvalue weighted by Crippen LogP contribution is -2.37. The Bertz CT molecular complexity index is 1820. The monoisotopic (exact) mass is 484 g/mol. The summed E-state index contributed by atoms with van der Waals surface area (Å²) in [7, 11) is 3.12. The normalized spacial score (nSPS) is 14.8. The number of para-hydroxylation sites is 1. The molecular formula is C28H25FN4O3. The van der Waals surface area contributed by atoms with Gasteiger partial charge in [0, 0.05) is 20.3 Å². The van der Waals surface area contributed by atoms with Gasteiger partial charge in [-0.15, -0.1) is 0 Å². The van der Waals surface area contributed by atoms with Gasteiger partial charge in [-0.2, -0.15) is 0 Å². The number of anilines is 2. The van der Waals surface area contributed by atoms with Crippen LogP contribution in [0.3, 0.4) is 0 Å². The summed E-state index contributed by atoms with van der Waals surface area (Å²) >= 11 is 0. The number of rotatable bonds is 2. The summed E-state index contributed by atoms with van der Waals surface area (Å²) in [6, 6.07) is 13.8. The molecule has 4 heterocycles. The Morgan fingerprint density at radius 3 is 2.22 bits per heavy atom. The van der Waals surface area contributed by atoms with Crippen LogP contribution in [0.25, 0.3) is 16.6 Å². The lowest BCUT2D eigenvalue weighted by Gasteiger charge is -2.39. The Morgan fingerprint density at radius 1 is 0.861 bits per heavy atom. The first kappa shape index (κ1) is 22.2. The molecule has 0 spiro atoms. The predicted molar refractivity (Wildman–Crippen MR) is 137 cm³/mol. The minimum Gasteiger partial charge on any atom is -0.464 e. The minimum atomic E-state index is -0.639. The highest BCUT2D eigenvalue weighted by molar-refractivity contribution is 5.89. The van der Waals surface area contributed by atoms with Gasteiger partial charge in [-0.1, -0.05) is 12.1 Å².